The second-order valence-corrected chi connectivity index (χ2v) is 7.84. The molecule has 6 nitrogen and oxygen atoms in total. The van der Waals surface area contributed by atoms with Gasteiger partial charge in [0, 0.05) is 25.4 Å². The topological polar surface area (TPSA) is 75.4 Å². The van der Waals surface area contributed by atoms with E-state index in [9.17, 15) is 13.5 Å². The number of hydrogen-bond donors (Lipinski definition) is 1. The maximum absolute atomic E-state index is 12.7. The summed E-state index contributed by atoms with van der Waals surface area (Å²) in [6.45, 7) is 4.66. The molecule has 3 rings (SSSR count). The van der Waals surface area contributed by atoms with E-state index >= 15 is 0 Å². The van der Waals surface area contributed by atoms with Crippen molar-refractivity contribution >= 4 is 10.0 Å². The molecule has 23 heavy (non-hydrogen) atoms. The highest BCUT2D eigenvalue weighted by Gasteiger charge is 2.41. The van der Waals surface area contributed by atoms with E-state index in [1.54, 1.807) is 24.3 Å². The number of fused-ring (bicyclic) bond motifs is 1. The van der Waals surface area contributed by atoms with Crippen molar-refractivity contribution in [1.82, 2.24) is 14.1 Å². The predicted molar refractivity (Wildman–Crippen MR) is 86.5 cm³/mol. The van der Waals surface area contributed by atoms with Crippen molar-refractivity contribution in [3.63, 3.8) is 0 Å². The second-order valence-electron chi connectivity index (χ2n) is 5.87. The summed E-state index contributed by atoms with van der Waals surface area (Å²) >= 11 is 0. The van der Waals surface area contributed by atoms with Gasteiger partial charge < -0.3 is 5.11 Å². The van der Waals surface area contributed by atoms with Gasteiger partial charge in [0.25, 0.3) is 0 Å². The Hall–Kier alpha value is -1.70. The maximum atomic E-state index is 12.7. The van der Waals surface area contributed by atoms with E-state index in [1.165, 1.54) is 11.4 Å². The van der Waals surface area contributed by atoms with E-state index in [0.29, 0.717) is 12.0 Å². The van der Waals surface area contributed by atoms with E-state index in [1.807, 2.05) is 24.7 Å². The SMILES string of the molecule is CCn1cc(CC2C(O)c3ccccc3S(=O)(=O)N2C)c(C)n1. The Labute approximate surface area is 136 Å². The number of likely N-dealkylation sites (N-methyl/N-ethyl adjacent to an activating group) is 1. The van der Waals surface area contributed by atoms with Crippen LogP contribution in [0.1, 0.15) is 29.8 Å². The van der Waals surface area contributed by atoms with Crippen molar-refractivity contribution in [3.8, 4) is 0 Å². The van der Waals surface area contributed by atoms with Crippen LogP contribution >= 0.6 is 0 Å². The van der Waals surface area contributed by atoms with Gasteiger partial charge in [-0.3, -0.25) is 4.68 Å². The van der Waals surface area contributed by atoms with Gasteiger partial charge in [0.15, 0.2) is 0 Å². The number of rotatable bonds is 3. The monoisotopic (exact) mass is 335 g/mol. The molecule has 1 aromatic heterocycles. The predicted octanol–water partition coefficient (Wildman–Crippen LogP) is 1.49. The Morgan fingerprint density at radius 1 is 1.30 bits per heavy atom. The number of aliphatic hydroxyl groups is 1. The Morgan fingerprint density at radius 3 is 2.65 bits per heavy atom. The van der Waals surface area contributed by atoms with Gasteiger partial charge >= 0.3 is 0 Å². The minimum absolute atomic E-state index is 0.187. The number of aromatic nitrogens is 2. The summed E-state index contributed by atoms with van der Waals surface area (Å²) in [7, 11) is -2.06. The summed E-state index contributed by atoms with van der Waals surface area (Å²) in [5.74, 6) is 0. The van der Waals surface area contributed by atoms with Crippen molar-refractivity contribution in [3.05, 3.63) is 47.3 Å². The molecule has 1 aromatic carbocycles. The number of hydrogen-bond acceptors (Lipinski definition) is 4. The van der Waals surface area contributed by atoms with E-state index < -0.39 is 22.2 Å². The third-order valence-electron chi connectivity index (χ3n) is 4.53. The molecule has 1 aliphatic rings. The summed E-state index contributed by atoms with van der Waals surface area (Å²) in [6.07, 6.45) is 1.49. The van der Waals surface area contributed by atoms with E-state index in [4.69, 9.17) is 0 Å². The van der Waals surface area contributed by atoms with Crippen molar-refractivity contribution in [2.24, 2.45) is 0 Å². The van der Waals surface area contributed by atoms with Crippen molar-refractivity contribution in [2.75, 3.05) is 7.05 Å². The Balaban J connectivity index is 2.02. The molecule has 1 N–H and O–H groups in total. The first-order chi connectivity index (χ1) is 10.9. The highest BCUT2D eigenvalue weighted by molar-refractivity contribution is 7.89. The summed E-state index contributed by atoms with van der Waals surface area (Å²) < 4.78 is 28.5. The van der Waals surface area contributed by atoms with Crippen LogP contribution in [-0.2, 0) is 23.0 Å². The first-order valence-corrected chi connectivity index (χ1v) is 9.08. The van der Waals surface area contributed by atoms with Crippen LogP contribution in [0.4, 0.5) is 0 Å². The zero-order valence-electron chi connectivity index (χ0n) is 13.5. The molecular formula is C16H21N3O3S. The third-order valence-corrected chi connectivity index (χ3v) is 6.48. The van der Waals surface area contributed by atoms with Crippen LogP contribution in [-0.4, -0.2) is 40.7 Å². The van der Waals surface area contributed by atoms with Crippen LogP contribution in [0.3, 0.4) is 0 Å². The average Bonchev–Trinajstić information content (AvgIpc) is 2.90. The lowest BCUT2D eigenvalue weighted by molar-refractivity contribution is 0.0891. The summed E-state index contributed by atoms with van der Waals surface area (Å²) in [6, 6.07) is 6.11. The van der Waals surface area contributed by atoms with E-state index in [0.717, 1.165) is 17.8 Å². The molecule has 0 saturated carbocycles. The Kier molecular flexibility index (Phi) is 4.03. The molecule has 0 saturated heterocycles. The summed E-state index contributed by atoms with van der Waals surface area (Å²) in [5.41, 5.74) is 2.29. The van der Waals surface area contributed by atoms with Gasteiger partial charge in [-0.1, -0.05) is 18.2 Å². The largest absolute Gasteiger partial charge is 0.387 e. The van der Waals surface area contributed by atoms with Gasteiger partial charge in [-0.2, -0.15) is 9.40 Å². The standard InChI is InChI=1S/C16H21N3O3S/c1-4-19-10-12(11(2)17-19)9-14-16(20)13-7-5-6-8-15(13)23(21,22)18(14)3/h5-8,10,14,16,20H,4,9H2,1-3H3. The normalized spacial score (nSPS) is 23.7. The molecule has 2 heterocycles. The van der Waals surface area contributed by atoms with Gasteiger partial charge in [0.05, 0.1) is 22.7 Å². The van der Waals surface area contributed by atoms with Gasteiger partial charge in [-0.15, -0.1) is 0 Å². The molecule has 124 valence electrons. The van der Waals surface area contributed by atoms with Gasteiger partial charge in [-0.05, 0) is 31.9 Å². The lowest BCUT2D eigenvalue weighted by atomic mass is 9.96. The second kappa shape index (κ2) is 5.74. The molecule has 0 spiro atoms. The quantitative estimate of drug-likeness (QED) is 0.922. The van der Waals surface area contributed by atoms with Gasteiger partial charge in [0.1, 0.15) is 0 Å². The molecule has 0 amide bonds. The molecule has 1 aliphatic heterocycles. The molecule has 0 aliphatic carbocycles. The van der Waals surface area contributed by atoms with Crippen LogP contribution in [0.15, 0.2) is 35.4 Å². The highest BCUT2D eigenvalue weighted by Crippen LogP contribution is 2.37. The average molecular weight is 335 g/mol. The summed E-state index contributed by atoms with van der Waals surface area (Å²) in [4.78, 5) is 0.187. The van der Waals surface area contributed by atoms with E-state index in [-0.39, 0.29) is 4.90 Å². The fraction of sp³-hybridized carbons (Fsp3) is 0.438. The van der Waals surface area contributed by atoms with Crippen molar-refractivity contribution in [2.45, 2.75) is 43.9 Å². The summed E-state index contributed by atoms with van der Waals surface area (Å²) in [5, 5.41) is 15.1. The fourth-order valence-electron chi connectivity index (χ4n) is 3.09. The van der Waals surface area contributed by atoms with Crippen LogP contribution in [0, 0.1) is 6.92 Å². The lowest BCUT2D eigenvalue weighted by Gasteiger charge is -2.37. The number of nitrogens with zero attached hydrogens (tertiary/aromatic N) is 3. The first-order valence-electron chi connectivity index (χ1n) is 7.64. The molecule has 2 unspecified atom stereocenters. The molecule has 0 radical (unpaired) electrons. The first kappa shape index (κ1) is 16.2. The van der Waals surface area contributed by atoms with Crippen LogP contribution in [0.2, 0.25) is 0 Å². The van der Waals surface area contributed by atoms with Crippen LogP contribution < -0.4 is 0 Å². The smallest absolute Gasteiger partial charge is 0.243 e. The third kappa shape index (κ3) is 2.58. The zero-order valence-corrected chi connectivity index (χ0v) is 14.3. The Bertz CT molecular complexity index is 829. The van der Waals surface area contributed by atoms with Crippen molar-refractivity contribution < 1.29 is 13.5 Å². The highest BCUT2D eigenvalue weighted by atomic mass is 32.2. The number of aliphatic hydroxyl groups excluding tert-OH is 1. The van der Waals surface area contributed by atoms with Crippen LogP contribution in [0.5, 0.6) is 0 Å². The number of sulfonamides is 1. The molecule has 2 atom stereocenters. The van der Waals surface area contributed by atoms with Crippen LogP contribution in [0.25, 0.3) is 0 Å². The van der Waals surface area contributed by atoms with Crippen molar-refractivity contribution in [1.29, 1.82) is 0 Å². The molecule has 0 bridgehead atoms. The van der Waals surface area contributed by atoms with E-state index in [2.05, 4.69) is 5.10 Å². The van der Waals surface area contributed by atoms with Gasteiger partial charge in [0.2, 0.25) is 10.0 Å². The molecule has 2 aromatic rings. The lowest BCUT2D eigenvalue weighted by Crippen LogP contribution is -2.46. The van der Waals surface area contributed by atoms with Gasteiger partial charge in [-0.25, -0.2) is 8.42 Å². The zero-order chi connectivity index (χ0) is 16.8. The number of aryl methyl sites for hydroxylation is 2. The number of benzene rings is 1. The molecular weight excluding hydrogens is 314 g/mol. The Morgan fingerprint density at radius 2 is 2.00 bits per heavy atom. The molecule has 7 heteroatoms. The molecule has 0 fully saturated rings. The minimum Gasteiger partial charge on any atom is -0.387 e. The minimum atomic E-state index is -3.59. The fourth-order valence-corrected chi connectivity index (χ4v) is 4.68. The maximum Gasteiger partial charge on any atom is 0.243 e.